The standard InChI is InChI=1S/C10H7BrF3NO/c11-5-1-9(16)15(4-5)8-3-6(12)2-7(13)10(8)14/h2-3,5H,1,4H2. The Balaban J connectivity index is 2.44. The molecule has 1 atom stereocenters. The molecule has 2 nitrogen and oxygen atoms in total. The van der Waals surface area contributed by atoms with Crippen molar-refractivity contribution in [1.82, 2.24) is 0 Å². The second-order valence-corrected chi connectivity index (χ2v) is 4.82. The summed E-state index contributed by atoms with van der Waals surface area (Å²) in [7, 11) is 0. The number of halogens is 4. The van der Waals surface area contributed by atoms with Crippen LogP contribution >= 0.6 is 15.9 Å². The summed E-state index contributed by atoms with van der Waals surface area (Å²) in [6, 6.07) is 1.27. The molecule has 0 bridgehead atoms. The fourth-order valence-electron chi connectivity index (χ4n) is 1.64. The van der Waals surface area contributed by atoms with E-state index >= 15 is 0 Å². The maximum atomic E-state index is 13.4. The van der Waals surface area contributed by atoms with Gasteiger partial charge in [0.2, 0.25) is 5.91 Å². The lowest BCUT2D eigenvalue weighted by molar-refractivity contribution is -0.117. The van der Waals surface area contributed by atoms with Crippen LogP contribution in [-0.4, -0.2) is 17.3 Å². The highest BCUT2D eigenvalue weighted by atomic mass is 79.9. The van der Waals surface area contributed by atoms with E-state index < -0.39 is 17.5 Å². The topological polar surface area (TPSA) is 20.3 Å². The molecular weight excluding hydrogens is 287 g/mol. The third-order valence-corrected chi connectivity index (χ3v) is 2.96. The fraction of sp³-hybridized carbons (Fsp3) is 0.300. The van der Waals surface area contributed by atoms with E-state index in [4.69, 9.17) is 0 Å². The number of amides is 1. The minimum atomic E-state index is -1.29. The van der Waals surface area contributed by atoms with Gasteiger partial charge >= 0.3 is 0 Å². The molecule has 1 fully saturated rings. The van der Waals surface area contributed by atoms with Crippen molar-refractivity contribution in [3.05, 3.63) is 29.6 Å². The van der Waals surface area contributed by atoms with Crippen LogP contribution in [0.4, 0.5) is 18.9 Å². The van der Waals surface area contributed by atoms with Gasteiger partial charge in [-0.15, -0.1) is 0 Å². The minimum absolute atomic E-state index is 0.120. The fourth-order valence-corrected chi connectivity index (χ4v) is 2.20. The molecule has 86 valence electrons. The predicted octanol–water partition coefficient (Wildman–Crippen LogP) is 2.60. The molecule has 0 saturated carbocycles. The maximum Gasteiger partial charge on any atom is 0.228 e. The summed E-state index contributed by atoms with van der Waals surface area (Å²) in [5.41, 5.74) is -0.343. The van der Waals surface area contributed by atoms with Crippen LogP contribution in [0.5, 0.6) is 0 Å². The predicted molar refractivity (Wildman–Crippen MR) is 56.0 cm³/mol. The molecule has 1 aliphatic heterocycles. The largest absolute Gasteiger partial charge is 0.308 e. The Hall–Kier alpha value is -1.04. The third-order valence-electron chi connectivity index (χ3n) is 2.34. The number of anilines is 1. The second-order valence-electron chi connectivity index (χ2n) is 3.53. The van der Waals surface area contributed by atoms with Crippen molar-refractivity contribution in [3.63, 3.8) is 0 Å². The van der Waals surface area contributed by atoms with Gasteiger partial charge in [-0.3, -0.25) is 4.79 Å². The zero-order chi connectivity index (χ0) is 11.9. The highest BCUT2D eigenvalue weighted by Gasteiger charge is 2.31. The molecule has 1 aromatic rings. The first kappa shape index (κ1) is 11.4. The number of rotatable bonds is 1. The van der Waals surface area contributed by atoms with E-state index in [1.807, 2.05) is 0 Å². The van der Waals surface area contributed by atoms with Crippen molar-refractivity contribution in [2.45, 2.75) is 11.2 Å². The van der Waals surface area contributed by atoms with Crippen LogP contribution in [0.2, 0.25) is 0 Å². The van der Waals surface area contributed by atoms with Gasteiger partial charge < -0.3 is 4.90 Å². The van der Waals surface area contributed by atoms with Gasteiger partial charge in [0.25, 0.3) is 0 Å². The molecule has 1 amide bonds. The molecule has 1 unspecified atom stereocenters. The lowest BCUT2D eigenvalue weighted by Crippen LogP contribution is -2.26. The highest BCUT2D eigenvalue weighted by Crippen LogP contribution is 2.29. The van der Waals surface area contributed by atoms with E-state index in [0.717, 1.165) is 11.0 Å². The summed E-state index contributed by atoms with van der Waals surface area (Å²) in [4.78, 5) is 12.4. The Bertz CT molecular complexity index is 452. The first-order valence-electron chi connectivity index (χ1n) is 4.58. The van der Waals surface area contributed by atoms with Crippen molar-refractivity contribution in [1.29, 1.82) is 0 Å². The Morgan fingerprint density at radius 2 is 2.00 bits per heavy atom. The zero-order valence-electron chi connectivity index (χ0n) is 8.01. The molecular formula is C10H7BrF3NO. The Morgan fingerprint density at radius 3 is 2.56 bits per heavy atom. The van der Waals surface area contributed by atoms with Crippen LogP contribution in [0.3, 0.4) is 0 Å². The van der Waals surface area contributed by atoms with Gasteiger partial charge in [0.05, 0.1) is 5.69 Å². The summed E-state index contributed by atoms with van der Waals surface area (Å²) in [5.74, 6) is -3.75. The van der Waals surface area contributed by atoms with Crippen LogP contribution in [0.1, 0.15) is 6.42 Å². The number of carbonyl (C=O) groups is 1. The van der Waals surface area contributed by atoms with Gasteiger partial charge in [0, 0.05) is 29.9 Å². The average Bonchev–Trinajstić information content (AvgIpc) is 2.51. The third kappa shape index (κ3) is 1.93. The maximum absolute atomic E-state index is 13.4. The smallest absolute Gasteiger partial charge is 0.228 e. The van der Waals surface area contributed by atoms with Gasteiger partial charge in [-0.25, -0.2) is 13.2 Å². The van der Waals surface area contributed by atoms with E-state index in [9.17, 15) is 18.0 Å². The zero-order valence-corrected chi connectivity index (χ0v) is 9.60. The first-order chi connectivity index (χ1) is 7.49. The van der Waals surface area contributed by atoms with Crippen molar-refractivity contribution in [2.75, 3.05) is 11.4 Å². The minimum Gasteiger partial charge on any atom is -0.308 e. The van der Waals surface area contributed by atoms with Crippen LogP contribution in [0, 0.1) is 17.5 Å². The molecule has 1 heterocycles. The summed E-state index contributed by atoms with van der Waals surface area (Å²) in [6.45, 7) is 0.207. The molecule has 1 saturated heterocycles. The Labute approximate surface area is 98.2 Å². The molecule has 0 aliphatic carbocycles. The van der Waals surface area contributed by atoms with Crippen LogP contribution in [0.25, 0.3) is 0 Å². The van der Waals surface area contributed by atoms with E-state index in [2.05, 4.69) is 15.9 Å². The highest BCUT2D eigenvalue weighted by molar-refractivity contribution is 9.09. The Morgan fingerprint density at radius 1 is 1.31 bits per heavy atom. The van der Waals surface area contributed by atoms with E-state index in [0.29, 0.717) is 6.07 Å². The lowest BCUT2D eigenvalue weighted by Gasteiger charge is -2.16. The van der Waals surface area contributed by atoms with Gasteiger partial charge in [-0.1, -0.05) is 15.9 Å². The van der Waals surface area contributed by atoms with E-state index in [1.54, 1.807) is 0 Å². The first-order valence-corrected chi connectivity index (χ1v) is 5.49. The van der Waals surface area contributed by atoms with Gasteiger partial charge in [-0.2, -0.15) is 0 Å². The van der Waals surface area contributed by atoms with E-state index in [1.165, 1.54) is 0 Å². The van der Waals surface area contributed by atoms with Crippen molar-refractivity contribution in [2.24, 2.45) is 0 Å². The van der Waals surface area contributed by atoms with Crippen molar-refractivity contribution in [3.8, 4) is 0 Å². The van der Waals surface area contributed by atoms with Crippen molar-refractivity contribution >= 4 is 27.5 Å². The summed E-state index contributed by atoms with van der Waals surface area (Å²) >= 11 is 3.21. The number of carbonyl (C=O) groups excluding carboxylic acids is 1. The van der Waals surface area contributed by atoms with Gasteiger partial charge in [0.1, 0.15) is 5.82 Å². The molecule has 0 radical (unpaired) electrons. The second kappa shape index (κ2) is 4.08. The molecule has 2 rings (SSSR count). The van der Waals surface area contributed by atoms with E-state index in [-0.39, 0.29) is 29.4 Å². The SMILES string of the molecule is O=C1CC(Br)CN1c1cc(F)cc(F)c1F. The van der Waals surface area contributed by atoms with Crippen molar-refractivity contribution < 1.29 is 18.0 Å². The van der Waals surface area contributed by atoms with Crippen LogP contribution in [0.15, 0.2) is 12.1 Å². The number of nitrogens with zero attached hydrogens (tertiary/aromatic N) is 1. The molecule has 6 heteroatoms. The number of hydrogen-bond acceptors (Lipinski definition) is 1. The molecule has 1 aliphatic rings. The molecule has 0 N–H and O–H groups in total. The Kier molecular flexibility index (Phi) is 2.92. The normalized spacial score (nSPS) is 20.6. The van der Waals surface area contributed by atoms with Gasteiger partial charge in [0.15, 0.2) is 11.6 Å². The quantitative estimate of drug-likeness (QED) is 0.576. The molecule has 1 aromatic carbocycles. The molecule has 0 aromatic heterocycles. The monoisotopic (exact) mass is 293 g/mol. The summed E-state index contributed by atoms with van der Waals surface area (Å²) < 4.78 is 39.3. The van der Waals surface area contributed by atoms with Crippen LogP contribution in [-0.2, 0) is 4.79 Å². The molecule has 0 spiro atoms. The average molecular weight is 294 g/mol. The lowest BCUT2D eigenvalue weighted by atomic mass is 10.2. The summed E-state index contributed by atoms with van der Waals surface area (Å²) in [5, 5.41) is 0. The molecule has 16 heavy (non-hydrogen) atoms. The number of benzene rings is 1. The number of hydrogen-bond donors (Lipinski definition) is 0. The summed E-state index contributed by atoms with van der Waals surface area (Å²) in [6.07, 6.45) is 0.192. The van der Waals surface area contributed by atoms with Crippen LogP contribution < -0.4 is 4.90 Å². The van der Waals surface area contributed by atoms with Gasteiger partial charge in [-0.05, 0) is 0 Å². The number of alkyl halides is 1.